The van der Waals surface area contributed by atoms with Crippen LogP contribution >= 0.6 is 11.3 Å². The van der Waals surface area contributed by atoms with E-state index in [1.165, 1.54) is 11.3 Å². The minimum absolute atomic E-state index is 0.0619. The highest BCUT2D eigenvalue weighted by Gasteiger charge is 2.11. The van der Waals surface area contributed by atoms with Gasteiger partial charge in [-0.3, -0.25) is 4.79 Å². The van der Waals surface area contributed by atoms with Crippen LogP contribution in [0.4, 0.5) is 5.13 Å². The third kappa shape index (κ3) is 3.90. The Labute approximate surface area is 124 Å². The van der Waals surface area contributed by atoms with Crippen LogP contribution < -0.4 is 5.32 Å². The molecule has 0 radical (unpaired) electrons. The smallest absolute Gasteiger partial charge is 0.226 e. The molecule has 0 fully saturated rings. The van der Waals surface area contributed by atoms with Crippen LogP contribution in [0.5, 0.6) is 0 Å². The Morgan fingerprint density at radius 1 is 1.25 bits per heavy atom. The number of carbonyl (C=O) groups is 1. The highest BCUT2D eigenvalue weighted by atomic mass is 32.1. The Morgan fingerprint density at radius 2 is 2.00 bits per heavy atom. The van der Waals surface area contributed by atoms with Gasteiger partial charge in [0.15, 0.2) is 5.13 Å². The van der Waals surface area contributed by atoms with E-state index < -0.39 is 0 Å². The van der Waals surface area contributed by atoms with Crippen molar-refractivity contribution in [2.24, 2.45) is 0 Å². The molecule has 0 aliphatic heterocycles. The number of aryl methyl sites for hydroxylation is 1. The summed E-state index contributed by atoms with van der Waals surface area (Å²) in [5, 5.41) is 3.60. The van der Waals surface area contributed by atoms with Crippen molar-refractivity contribution in [3.05, 3.63) is 35.2 Å². The monoisotopic (exact) mass is 288 g/mol. The molecule has 1 aromatic heterocycles. The molecule has 2 aromatic rings. The molecule has 1 aromatic carbocycles. The summed E-state index contributed by atoms with van der Waals surface area (Å²) in [4.78, 5) is 17.5. The van der Waals surface area contributed by atoms with Crippen molar-refractivity contribution in [2.75, 3.05) is 5.32 Å². The van der Waals surface area contributed by atoms with Crippen molar-refractivity contribution in [3.8, 4) is 11.3 Å². The Balaban J connectivity index is 2.03. The summed E-state index contributed by atoms with van der Waals surface area (Å²) >= 11 is 1.53. The van der Waals surface area contributed by atoms with Crippen molar-refractivity contribution < 1.29 is 4.79 Å². The topological polar surface area (TPSA) is 42.0 Å². The molecule has 4 heteroatoms. The van der Waals surface area contributed by atoms with Crippen LogP contribution in [0, 0.1) is 6.92 Å². The average Bonchev–Trinajstić information content (AvgIpc) is 2.81. The number of nitrogens with one attached hydrogen (secondary N) is 1. The highest BCUT2D eigenvalue weighted by Crippen LogP contribution is 2.30. The number of rotatable bonds is 6. The number of nitrogens with zero attached hydrogens (tertiary/aromatic N) is 1. The first-order valence-electron chi connectivity index (χ1n) is 7.03. The van der Waals surface area contributed by atoms with Crippen molar-refractivity contribution in [1.29, 1.82) is 0 Å². The summed E-state index contributed by atoms with van der Waals surface area (Å²) in [6.45, 7) is 4.17. The van der Waals surface area contributed by atoms with Crippen molar-refractivity contribution in [3.63, 3.8) is 0 Å². The van der Waals surface area contributed by atoms with Crippen LogP contribution in [-0.2, 0) is 4.79 Å². The van der Waals surface area contributed by atoms with Gasteiger partial charge in [-0.2, -0.15) is 0 Å². The van der Waals surface area contributed by atoms with E-state index in [2.05, 4.69) is 17.2 Å². The zero-order valence-electron chi connectivity index (χ0n) is 12.0. The van der Waals surface area contributed by atoms with Gasteiger partial charge in [-0.15, -0.1) is 11.3 Å². The first kappa shape index (κ1) is 14.7. The Morgan fingerprint density at radius 3 is 2.70 bits per heavy atom. The Hall–Kier alpha value is -1.68. The molecule has 0 atom stereocenters. The van der Waals surface area contributed by atoms with Gasteiger partial charge in [-0.25, -0.2) is 4.98 Å². The molecule has 1 heterocycles. The fraction of sp³-hybridized carbons (Fsp3) is 0.375. The molecule has 1 N–H and O–H groups in total. The minimum Gasteiger partial charge on any atom is -0.302 e. The number of benzene rings is 1. The van der Waals surface area contributed by atoms with E-state index in [9.17, 15) is 4.79 Å². The van der Waals surface area contributed by atoms with Gasteiger partial charge in [0.25, 0.3) is 0 Å². The van der Waals surface area contributed by atoms with Crippen LogP contribution in [0.15, 0.2) is 30.3 Å². The van der Waals surface area contributed by atoms with E-state index in [0.29, 0.717) is 11.6 Å². The molecule has 0 aliphatic carbocycles. The fourth-order valence-corrected chi connectivity index (χ4v) is 2.88. The van der Waals surface area contributed by atoms with E-state index in [1.54, 1.807) is 0 Å². The van der Waals surface area contributed by atoms with Crippen molar-refractivity contribution >= 4 is 22.4 Å². The maximum atomic E-state index is 11.8. The molecular formula is C16H20N2OS. The first-order valence-corrected chi connectivity index (χ1v) is 7.85. The Bertz CT molecular complexity index is 563. The molecule has 1 amide bonds. The van der Waals surface area contributed by atoms with Gasteiger partial charge in [0.05, 0.1) is 5.69 Å². The lowest BCUT2D eigenvalue weighted by Crippen LogP contribution is -2.10. The molecular weight excluding hydrogens is 268 g/mol. The summed E-state index contributed by atoms with van der Waals surface area (Å²) in [6, 6.07) is 10.1. The second-order valence-corrected chi connectivity index (χ2v) is 6.00. The third-order valence-electron chi connectivity index (χ3n) is 3.10. The average molecular weight is 288 g/mol. The number of thiazole rings is 1. The highest BCUT2D eigenvalue weighted by molar-refractivity contribution is 7.16. The van der Waals surface area contributed by atoms with Crippen LogP contribution in [0.3, 0.4) is 0 Å². The molecule has 20 heavy (non-hydrogen) atoms. The summed E-state index contributed by atoms with van der Waals surface area (Å²) in [5.41, 5.74) is 2.05. The van der Waals surface area contributed by atoms with Gasteiger partial charge < -0.3 is 5.32 Å². The predicted octanol–water partition coefficient (Wildman–Crippen LogP) is 4.64. The molecule has 2 rings (SSSR count). The fourth-order valence-electron chi connectivity index (χ4n) is 2.03. The number of carbonyl (C=O) groups excluding carboxylic acids is 1. The predicted molar refractivity (Wildman–Crippen MR) is 85.1 cm³/mol. The number of aromatic nitrogens is 1. The lowest BCUT2D eigenvalue weighted by Gasteiger charge is -2.00. The third-order valence-corrected chi connectivity index (χ3v) is 3.98. The van der Waals surface area contributed by atoms with Crippen molar-refractivity contribution in [1.82, 2.24) is 4.98 Å². The normalized spacial score (nSPS) is 10.5. The second kappa shape index (κ2) is 7.20. The second-order valence-electron chi connectivity index (χ2n) is 4.80. The van der Waals surface area contributed by atoms with Gasteiger partial charge in [0.2, 0.25) is 5.91 Å². The minimum atomic E-state index is 0.0619. The summed E-state index contributed by atoms with van der Waals surface area (Å²) in [7, 11) is 0. The van der Waals surface area contributed by atoms with Gasteiger partial charge >= 0.3 is 0 Å². The van der Waals surface area contributed by atoms with Crippen LogP contribution in [0.25, 0.3) is 11.3 Å². The SMILES string of the molecule is CCCCCC(=O)Nc1nc(-c2ccccc2)c(C)s1. The lowest BCUT2D eigenvalue weighted by molar-refractivity contribution is -0.116. The molecule has 0 spiro atoms. The standard InChI is InChI=1S/C16H20N2OS/c1-3-4-6-11-14(19)17-16-18-15(12(2)20-16)13-9-7-5-8-10-13/h5,7-10H,3-4,6,11H2,1-2H3,(H,17,18,19). The van der Waals surface area contributed by atoms with Gasteiger partial charge in [-0.05, 0) is 13.3 Å². The molecule has 0 aliphatic rings. The Kier molecular flexibility index (Phi) is 5.30. The number of unbranched alkanes of at least 4 members (excludes halogenated alkanes) is 2. The number of hydrogen-bond donors (Lipinski definition) is 1. The molecule has 0 saturated heterocycles. The zero-order valence-corrected chi connectivity index (χ0v) is 12.8. The van der Waals surface area contributed by atoms with E-state index in [1.807, 2.05) is 37.3 Å². The van der Waals surface area contributed by atoms with Crippen LogP contribution in [-0.4, -0.2) is 10.9 Å². The summed E-state index contributed by atoms with van der Waals surface area (Å²) < 4.78 is 0. The summed E-state index contributed by atoms with van der Waals surface area (Å²) in [5.74, 6) is 0.0619. The van der Waals surface area contributed by atoms with Gasteiger partial charge in [0, 0.05) is 16.9 Å². The number of anilines is 1. The zero-order chi connectivity index (χ0) is 14.4. The maximum absolute atomic E-state index is 11.8. The van der Waals surface area contributed by atoms with E-state index in [0.717, 1.165) is 35.4 Å². The molecule has 0 unspecified atom stereocenters. The summed E-state index contributed by atoms with van der Waals surface area (Å²) in [6.07, 6.45) is 3.74. The molecule has 0 bridgehead atoms. The van der Waals surface area contributed by atoms with Crippen LogP contribution in [0.1, 0.15) is 37.5 Å². The first-order chi connectivity index (χ1) is 9.70. The van der Waals surface area contributed by atoms with Gasteiger partial charge in [0.1, 0.15) is 0 Å². The van der Waals surface area contributed by atoms with Gasteiger partial charge in [-0.1, -0.05) is 50.1 Å². The van der Waals surface area contributed by atoms with Crippen LogP contribution in [0.2, 0.25) is 0 Å². The van der Waals surface area contributed by atoms with E-state index in [4.69, 9.17) is 0 Å². The maximum Gasteiger partial charge on any atom is 0.226 e. The van der Waals surface area contributed by atoms with E-state index in [-0.39, 0.29) is 5.91 Å². The molecule has 0 saturated carbocycles. The molecule has 106 valence electrons. The number of hydrogen-bond acceptors (Lipinski definition) is 3. The lowest BCUT2D eigenvalue weighted by atomic mass is 10.1. The number of amides is 1. The quantitative estimate of drug-likeness (QED) is 0.787. The van der Waals surface area contributed by atoms with Crippen molar-refractivity contribution in [2.45, 2.75) is 39.5 Å². The largest absolute Gasteiger partial charge is 0.302 e. The van der Waals surface area contributed by atoms with E-state index >= 15 is 0 Å². The molecule has 3 nitrogen and oxygen atoms in total.